The quantitative estimate of drug-likeness (QED) is 0.730. The third kappa shape index (κ3) is 3.84. The molecular weight excluding hydrogens is 297 g/mol. The molecule has 0 amide bonds. The predicted octanol–water partition coefficient (Wildman–Crippen LogP) is 5.39. The van der Waals surface area contributed by atoms with Gasteiger partial charge >= 0.3 is 6.18 Å². The van der Waals surface area contributed by atoms with Gasteiger partial charge in [-0.25, -0.2) is 0 Å². The Hall–Kier alpha value is -1.36. The summed E-state index contributed by atoms with van der Waals surface area (Å²) in [6, 6.07) is 6.98. The first-order valence-electron chi connectivity index (χ1n) is 6.85. The van der Waals surface area contributed by atoms with Gasteiger partial charge in [-0.1, -0.05) is 19.1 Å². The van der Waals surface area contributed by atoms with Crippen LogP contribution in [0.15, 0.2) is 34.7 Å². The molecule has 0 fully saturated rings. The second kappa shape index (κ2) is 6.60. The highest BCUT2D eigenvalue weighted by Gasteiger charge is 2.30. The van der Waals surface area contributed by atoms with Gasteiger partial charge in [-0.15, -0.1) is 0 Å². The van der Waals surface area contributed by atoms with Crippen LogP contribution >= 0.6 is 12.6 Å². The van der Waals surface area contributed by atoms with E-state index in [-0.39, 0.29) is 0 Å². The van der Waals surface area contributed by atoms with E-state index < -0.39 is 11.7 Å². The Kier molecular flexibility index (Phi) is 5.04. The Morgan fingerprint density at radius 1 is 1.14 bits per heavy atom. The maximum absolute atomic E-state index is 12.6. The molecule has 0 atom stereocenters. The fourth-order valence-corrected chi connectivity index (χ4v) is 2.37. The molecule has 0 spiro atoms. The van der Waals surface area contributed by atoms with E-state index in [1.807, 2.05) is 13.0 Å². The van der Waals surface area contributed by atoms with Crippen LogP contribution in [0.25, 0.3) is 11.3 Å². The summed E-state index contributed by atoms with van der Waals surface area (Å²) in [5, 5.41) is 0. The van der Waals surface area contributed by atoms with Gasteiger partial charge in [0, 0.05) is 12.0 Å². The molecule has 2 rings (SSSR count). The maximum atomic E-state index is 12.6. The van der Waals surface area contributed by atoms with Crippen molar-refractivity contribution < 1.29 is 17.6 Å². The molecule has 0 saturated heterocycles. The highest BCUT2D eigenvalue weighted by Crippen LogP contribution is 2.32. The molecule has 114 valence electrons. The van der Waals surface area contributed by atoms with Crippen molar-refractivity contribution in [2.24, 2.45) is 0 Å². The van der Waals surface area contributed by atoms with Gasteiger partial charge in [0.25, 0.3) is 0 Å². The van der Waals surface area contributed by atoms with Crippen molar-refractivity contribution in [3.8, 4) is 11.3 Å². The van der Waals surface area contributed by atoms with Gasteiger partial charge in [0.05, 0.1) is 5.56 Å². The van der Waals surface area contributed by atoms with Crippen LogP contribution in [0.3, 0.4) is 0 Å². The Balaban J connectivity index is 2.27. The molecule has 0 N–H and O–H groups in total. The summed E-state index contributed by atoms with van der Waals surface area (Å²) >= 11 is 4.19. The Bertz CT molecular complexity index is 585. The Labute approximate surface area is 127 Å². The summed E-state index contributed by atoms with van der Waals surface area (Å²) in [4.78, 5) is 0. The predicted molar refractivity (Wildman–Crippen MR) is 80.7 cm³/mol. The number of furan rings is 1. The highest BCUT2D eigenvalue weighted by atomic mass is 32.1. The molecule has 1 heterocycles. The van der Waals surface area contributed by atoms with Crippen LogP contribution in [-0.2, 0) is 19.0 Å². The minimum Gasteiger partial charge on any atom is -0.461 e. The lowest BCUT2D eigenvalue weighted by molar-refractivity contribution is -0.137. The monoisotopic (exact) mass is 314 g/mol. The van der Waals surface area contributed by atoms with Crippen molar-refractivity contribution in [1.29, 1.82) is 0 Å². The molecule has 1 nitrogen and oxygen atoms in total. The van der Waals surface area contributed by atoms with Gasteiger partial charge in [-0.05, 0) is 42.4 Å². The fourth-order valence-electron chi connectivity index (χ4n) is 2.21. The smallest absolute Gasteiger partial charge is 0.416 e. The number of thiol groups is 1. The standard InChI is InChI=1S/C16H17F3OS/c1-2-14-12(4-3-9-21)10-15(20-14)11-5-7-13(8-6-11)16(17,18)19/h5-8,10,21H,2-4,9H2,1H3. The number of rotatable bonds is 5. The van der Waals surface area contributed by atoms with Crippen LogP contribution in [0.5, 0.6) is 0 Å². The van der Waals surface area contributed by atoms with Gasteiger partial charge < -0.3 is 4.42 Å². The molecule has 0 bridgehead atoms. The molecule has 1 aromatic heterocycles. The van der Waals surface area contributed by atoms with E-state index in [9.17, 15) is 13.2 Å². The molecule has 5 heteroatoms. The van der Waals surface area contributed by atoms with E-state index in [4.69, 9.17) is 4.42 Å². The van der Waals surface area contributed by atoms with Crippen LogP contribution in [-0.4, -0.2) is 5.75 Å². The highest BCUT2D eigenvalue weighted by molar-refractivity contribution is 7.80. The fraction of sp³-hybridized carbons (Fsp3) is 0.375. The van der Waals surface area contributed by atoms with Crippen molar-refractivity contribution in [1.82, 2.24) is 0 Å². The second-order valence-corrected chi connectivity index (χ2v) is 5.26. The second-order valence-electron chi connectivity index (χ2n) is 4.81. The average Bonchev–Trinajstić information content (AvgIpc) is 2.87. The first kappa shape index (κ1) is 16.0. The molecule has 0 saturated carbocycles. The van der Waals surface area contributed by atoms with E-state index in [1.54, 1.807) is 0 Å². The number of hydrogen-bond acceptors (Lipinski definition) is 2. The third-order valence-corrected chi connectivity index (χ3v) is 3.63. The molecule has 1 aromatic carbocycles. The lowest BCUT2D eigenvalue weighted by Crippen LogP contribution is -2.03. The van der Waals surface area contributed by atoms with Crippen molar-refractivity contribution in [3.05, 3.63) is 47.2 Å². The number of alkyl halides is 3. The van der Waals surface area contributed by atoms with Gasteiger partial charge in [-0.2, -0.15) is 25.8 Å². The summed E-state index contributed by atoms with van der Waals surface area (Å²) in [7, 11) is 0. The van der Waals surface area contributed by atoms with Crippen LogP contribution in [0.2, 0.25) is 0 Å². The SMILES string of the molecule is CCc1oc(-c2ccc(C(F)(F)F)cc2)cc1CCCS. The lowest BCUT2D eigenvalue weighted by Gasteiger charge is -2.06. The number of aryl methyl sites for hydroxylation is 2. The van der Waals surface area contributed by atoms with Crippen molar-refractivity contribution in [3.63, 3.8) is 0 Å². The molecule has 2 aromatic rings. The van der Waals surface area contributed by atoms with Crippen molar-refractivity contribution >= 4 is 12.6 Å². The zero-order valence-electron chi connectivity index (χ0n) is 11.7. The lowest BCUT2D eigenvalue weighted by atomic mass is 10.1. The Morgan fingerprint density at radius 2 is 1.81 bits per heavy atom. The maximum Gasteiger partial charge on any atom is 0.416 e. The summed E-state index contributed by atoms with van der Waals surface area (Å²) in [6.45, 7) is 2.00. The topological polar surface area (TPSA) is 13.1 Å². The molecule has 0 aliphatic carbocycles. The van der Waals surface area contributed by atoms with E-state index >= 15 is 0 Å². The summed E-state index contributed by atoms with van der Waals surface area (Å²) < 4.78 is 43.4. The number of benzene rings is 1. The molecule has 0 aliphatic rings. The van der Waals surface area contributed by atoms with E-state index in [0.717, 1.165) is 48.5 Å². The Morgan fingerprint density at radius 3 is 2.33 bits per heavy atom. The zero-order chi connectivity index (χ0) is 15.5. The average molecular weight is 314 g/mol. The van der Waals surface area contributed by atoms with Gasteiger partial charge in [-0.3, -0.25) is 0 Å². The molecule has 0 aliphatic heterocycles. The normalized spacial score (nSPS) is 11.9. The molecule has 0 unspecified atom stereocenters. The van der Waals surface area contributed by atoms with E-state index in [0.29, 0.717) is 11.3 Å². The first-order chi connectivity index (χ1) is 9.95. The van der Waals surface area contributed by atoms with Gasteiger partial charge in [0.2, 0.25) is 0 Å². The largest absolute Gasteiger partial charge is 0.461 e. The molecular formula is C16H17F3OS. The van der Waals surface area contributed by atoms with Crippen molar-refractivity contribution in [2.45, 2.75) is 32.4 Å². The van der Waals surface area contributed by atoms with Crippen LogP contribution in [0, 0.1) is 0 Å². The molecule has 0 radical (unpaired) electrons. The zero-order valence-corrected chi connectivity index (χ0v) is 12.6. The summed E-state index contributed by atoms with van der Waals surface area (Å²) in [5.41, 5.74) is 1.13. The van der Waals surface area contributed by atoms with Crippen LogP contribution < -0.4 is 0 Å². The summed E-state index contributed by atoms with van der Waals surface area (Å²) in [6.07, 6.45) is -1.73. The van der Waals surface area contributed by atoms with Crippen molar-refractivity contribution in [2.75, 3.05) is 5.75 Å². The third-order valence-electron chi connectivity index (χ3n) is 3.32. The van der Waals surface area contributed by atoms with Crippen LogP contribution in [0.4, 0.5) is 13.2 Å². The minimum absolute atomic E-state index is 0.620. The van der Waals surface area contributed by atoms with Crippen LogP contribution in [0.1, 0.15) is 30.2 Å². The van der Waals surface area contributed by atoms with Gasteiger partial charge in [0.15, 0.2) is 0 Å². The summed E-state index contributed by atoms with van der Waals surface area (Å²) in [5.74, 6) is 2.31. The number of halogens is 3. The molecule has 21 heavy (non-hydrogen) atoms. The van der Waals surface area contributed by atoms with Gasteiger partial charge in [0.1, 0.15) is 11.5 Å². The first-order valence-corrected chi connectivity index (χ1v) is 7.49. The minimum atomic E-state index is -4.31. The number of hydrogen-bond donors (Lipinski definition) is 1. The van der Waals surface area contributed by atoms with E-state index in [2.05, 4.69) is 12.6 Å². The van der Waals surface area contributed by atoms with E-state index in [1.165, 1.54) is 12.1 Å².